The lowest BCUT2D eigenvalue weighted by Crippen LogP contribution is -2.45. The van der Waals surface area contributed by atoms with E-state index in [0.29, 0.717) is 6.10 Å². The van der Waals surface area contributed by atoms with Gasteiger partial charge in [-0.2, -0.15) is 0 Å². The maximum atomic E-state index is 9.40. The fourth-order valence-electron chi connectivity index (χ4n) is 2.88. The second-order valence-electron chi connectivity index (χ2n) is 6.02. The van der Waals surface area contributed by atoms with Crippen LogP contribution in [-0.2, 0) is 4.74 Å². The van der Waals surface area contributed by atoms with E-state index in [-0.39, 0.29) is 12.1 Å². The first-order valence-corrected chi connectivity index (χ1v) is 7.59. The van der Waals surface area contributed by atoms with Gasteiger partial charge < -0.3 is 15.2 Å². The molecular formula is C15H31NO2. The normalized spacial score (nSPS) is 28.0. The highest BCUT2D eigenvalue weighted by Crippen LogP contribution is 2.26. The van der Waals surface area contributed by atoms with Gasteiger partial charge in [0.2, 0.25) is 0 Å². The molecule has 0 spiro atoms. The molecule has 3 unspecified atom stereocenters. The summed E-state index contributed by atoms with van der Waals surface area (Å²) in [6, 6.07) is 0. The summed E-state index contributed by atoms with van der Waals surface area (Å²) < 4.78 is 6.00. The monoisotopic (exact) mass is 257 g/mol. The number of ether oxygens (including phenoxy) is 1. The van der Waals surface area contributed by atoms with Gasteiger partial charge in [-0.15, -0.1) is 0 Å². The van der Waals surface area contributed by atoms with Gasteiger partial charge in [0.25, 0.3) is 0 Å². The summed E-state index contributed by atoms with van der Waals surface area (Å²) in [5, 5.41) is 12.8. The van der Waals surface area contributed by atoms with Crippen LogP contribution >= 0.6 is 0 Å². The van der Waals surface area contributed by atoms with Crippen LogP contribution in [0.3, 0.4) is 0 Å². The lowest BCUT2D eigenvalue weighted by molar-refractivity contribution is -0.00934. The van der Waals surface area contributed by atoms with Crippen molar-refractivity contribution in [3.8, 4) is 0 Å². The van der Waals surface area contributed by atoms with Crippen molar-refractivity contribution in [2.75, 3.05) is 19.8 Å². The fraction of sp³-hybridized carbons (Fsp3) is 1.00. The van der Waals surface area contributed by atoms with E-state index in [1.165, 1.54) is 25.7 Å². The summed E-state index contributed by atoms with van der Waals surface area (Å²) in [5.74, 6) is 0.719. The van der Waals surface area contributed by atoms with Crippen LogP contribution in [-0.4, -0.2) is 36.5 Å². The third kappa shape index (κ3) is 5.25. The van der Waals surface area contributed by atoms with Gasteiger partial charge in [-0.05, 0) is 45.1 Å². The number of likely N-dealkylation sites (N-methyl/N-ethyl adjacent to an activating group) is 1. The van der Waals surface area contributed by atoms with Crippen LogP contribution in [0.25, 0.3) is 0 Å². The van der Waals surface area contributed by atoms with E-state index in [1.54, 1.807) is 0 Å². The Hall–Kier alpha value is -0.120. The first-order chi connectivity index (χ1) is 8.61. The van der Waals surface area contributed by atoms with Crippen LogP contribution in [0.15, 0.2) is 0 Å². The largest absolute Gasteiger partial charge is 0.394 e. The second kappa shape index (κ2) is 8.13. The molecule has 0 amide bonds. The first-order valence-electron chi connectivity index (χ1n) is 7.59. The average molecular weight is 257 g/mol. The van der Waals surface area contributed by atoms with E-state index in [9.17, 15) is 5.11 Å². The van der Waals surface area contributed by atoms with Crippen molar-refractivity contribution in [1.29, 1.82) is 0 Å². The molecule has 1 rings (SSSR count). The molecule has 1 aliphatic carbocycles. The molecule has 18 heavy (non-hydrogen) atoms. The van der Waals surface area contributed by atoms with Crippen molar-refractivity contribution >= 4 is 0 Å². The molecule has 3 atom stereocenters. The molecule has 1 aliphatic rings. The van der Waals surface area contributed by atoms with E-state index in [0.717, 1.165) is 31.9 Å². The predicted molar refractivity (Wildman–Crippen MR) is 75.8 cm³/mol. The Morgan fingerprint density at radius 3 is 2.67 bits per heavy atom. The molecule has 3 nitrogen and oxygen atoms in total. The molecule has 0 aromatic carbocycles. The van der Waals surface area contributed by atoms with Crippen LogP contribution in [0.5, 0.6) is 0 Å². The zero-order chi connectivity index (χ0) is 13.4. The minimum Gasteiger partial charge on any atom is -0.394 e. The molecule has 108 valence electrons. The molecule has 0 bridgehead atoms. The molecule has 0 aliphatic heterocycles. The van der Waals surface area contributed by atoms with E-state index >= 15 is 0 Å². The van der Waals surface area contributed by atoms with E-state index < -0.39 is 0 Å². The highest BCUT2D eigenvalue weighted by molar-refractivity contribution is 4.81. The van der Waals surface area contributed by atoms with Crippen LogP contribution in [0, 0.1) is 5.92 Å². The fourth-order valence-corrected chi connectivity index (χ4v) is 2.88. The number of aliphatic hydroxyl groups is 1. The van der Waals surface area contributed by atoms with Crippen LogP contribution in [0.1, 0.15) is 59.3 Å². The van der Waals surface area contributed by atoms with Crippen molar-refractivity contribution in [3.63, 3.8) is 0 Å². The van der Waals surface area contributed by atoms with E-state index in [2.05, 4.69) is 26.1 Å². The Labute approximate surface area is 112 Å². The van der Waals surface area contributed by atoms with Crippen molar-refractivity contribution in [3.05, 3.63) is 0 Å². The lowest BCUT2D eigenvalue weighted by atomic mass is 9.88. The maximum absolute atomic E-state index is 9.40. The van der Waals surface area contributed by atoms with Crippen molar-refractivity contribution < 1.29 is 9.84 Å². The topological polar surface area (TPSA) is 41.5 Å². The minimum atomic E-state index is -0.143. The van der Waals surface area contributed by atoms with Gasteiger partial charge in [0, 0.05) is 12.1 Å². The summed E-state index contributed by atoms with van der Waals surface area (Å²) >= 11 is 0. The van der Waals surface area contributed by atoms with Gasteiger partial charge >= 0.3 is 0 Å². The molecule has 0 radical (unpaired) electrons. The van der Waals surface area contributed by atoms with Gasteiger partial charge in [0.15, 0.2) is 0 Å². The number of rotatable bonds is 8. The SMILES string of the molecule is CCNC(C)(CO)CCCOC1CCCCC1C. The summed E-state index contributed by atoms with van der Waals surface area (Å²) in [6.07, 6.45) is 7.69. The maximum Gasteiger partial charge on any atom is 0.0610 e. The summed E-state index contributed by atoms with van der Waals surface area (Å²) in [4.78, 5) is 0. The molecule has 0 heterocycles. The molecule has 0 saturated heterocycles. The molecular weight excluding hydrogens is 226 g/mol. The molecule has 1 saturated carbocycles. The Morgan fingerprint density at radius 1 is 1.33 bits per heavy atom. The zero-order valence-corrected chi connectivity index (χ0v) is 12.4. The minimum absolute atomic E-state index is 0.143. The molecule has 2 N–H and O–H groups in total. The Bertz CT molecular complexity index is 223. The predicted octanol–water partition coefficient (Wildman–Crippen LogP) is 2.72. The first kappa shape index (κ1) is 15.9. The molecule has 1 fully saturated rings. The van der Waals surface area contributed by atoms with Crippen LogP contribution in [0.4, 0.5) is 0 Å². The summed E-state index contributed by atoms with van der Waals surface area (Å²) in [6.45, 7) is 8.39. The van der Waals surface area contributed by atoms with Crippen molar-refractivity contribution in [2.45, 2.75) is 70.9 Å². The molecule has 0 aromatic heterocycles. The number of hydrogen-bond acceptors (Lipinski definition) is 3. The Kier molecular flexibility index (Phi) is 7.20. The highest BCUT2D eigenvalue weighted by Gasteiger charge is 2.23. The standard InChI is InChI=1S/C15H31NO2/c1-4-16-15(3,12-17)10-7-11-18-14-9-6-5-8-13(14)2/h13-14,16-17H,4-12H2,1-3H3. The van der Waals surface area contributed by atoms with Gasteiger partial charge in [-0.1, -0.05) is 26.7 Å². The van der Waals surface area contributed by atoms with E-state index in [4.69, 9.17) is 4.74 Å². The van der Waals surface area contributed by atoms with Gasteiger partial charge in [-0.25, -0.2) is 0 Å². The second-order valence-corrected chi connectivity index (χ2v) is 6.02. The number of nitrogens with one attached hydrogen (secondary N) is 1. The molecule has 3 heteroatoms. The summed E-state index contributed by atoms with van der Waals surface area (Å²) in [5.41, 5.74) is -0.143. The smallest absolute Gasteiger partial charge is 0.0610 e. The van der Waals surface area contributed by atoms with Crippen LogP contribution in [0.2, 0.25) is 0 Å². The summed E-state index contributed by atoms with van der Waals surface area (Å²) in [7, 11) is 0. The lowest BCUT2D eigenvalue weighted by Gasteiger charge is -2.31. The van der Waals surface area contributed by atoms with Crippen molar-refractivity contribution in [1.82, 2.24) is 5.32 Å². The van der Waals surface area contributed by atoms with Crippen molar-refractivity contribution in [2.24, 2.45) is 5.92 Å². The zero-order valence-electron chi connectivity index (χ0n) is 12.4. The average Bonchev–Trinajstić information content (AvgIpc) is 2.37. The van der Waals surface area contributed by atoms with Gasteiger partial charge in [0.05, 0.1) is 12.7 Å². The quantitative estimate of drug-likeness (QED) is 0.657. The highest BCUT2D eigenvalue weighted by atomic mass is 16.5. The Balaban J connectivity index is 2.17. The third-order valence-corrected chi connectivity index (χ3v) is 4.19. The number of aliphatic hydroxyl groups excluding tert-OH is 1. The van der Waals surface area contributed by atoms with E-state index in [1.807, 2.05) is 0 Å². The molecule has 0 aromatic rings. The number of hydrogen-bond donors (Lipinski definition) is 2. The van der Waals surface area contributed by atoms with Gasteiger partial charge in [0.1, 0.15) is 0 Å². The Morgan fingerprint density at radius 2 is 2.06 bits per heavy atom. The third-order valence-electron chi connectivity index (χ3n) is 4.19. The van der Waals surface area contributed by atoms with Gasteiger partial charge in [-0.3, -0.25) is 0 Å². The van der Waals surface area contributed by atoms with Crippen LogP contribution < -0.4 is 5.32 Å².